The highest BCUT2D eigenvalue weighted by Crippen LogP contribution is 2.18. The van der Waals surface area contributed by atoms with Crippen molar-refractivity contribution in [2.24, 2.45) is 0 Å². The van der Waals surface area contributed by atoms with Crippen molar-refractivity contribution in [2.75, 3.05) is 20.6 Å². The Kier molecular flexibility index (Phi) is 7.36. The number of hydrogen-bond donors (Lipinski definition) is 1. The molecule has 1 unspecified atom stereocenters. The second-order valence-electron chi connectivity index (χ2n) is 7.73. The summed E-state index contributed by atoms with van der Waals surface area (Å²) < 4.78 is 1.44. The summed E-state index contributed by atoms with van der Waals surface area (Å²) in [4.78, 5) is 28.0. The van der Waals surface area contributed by atoms with E-state index in [1.807, 2.05) is 44.4 Å². The molecule has 1 N–H and O–H groups in total. The number of carbonyl (C=O) groups excluding carboxylic acids is 1. The molecule has 0 aliphatic carbocycles. The van der Waals surface area contributed by atoms with Gasteiger partial charge in [0.15, 0.2) is 5.69 Å². The van der Waals surface area contributed by atoms with Gasteiger partial charge in [0.25, 0.3) is 11.5 Å². The lowest BCUT2D eigenvalue weighted by Crippen LogP contribution is -2.36. The van der Waals surface area contributed by atoms with E-state index in [4.69, 9.17) is 0 Å². The van der Waals surface area contributed by atoms with Crippen LogP contribution in [-0.4, -0.2) is 41.2 Å². The molecule has 1 atom stereocenters. The summed E-state index contributed by atoms with van der Waals surface area (Å²) in [5.41, 5.74) is 1.28. The predicted molar refractivity (Wildman–Crippen MR) is 121 cm³/mol. The third-order valence-electron chi connectivity index (χ3n) is 5.32. The normalized spacial score (nSPS) is 12.3. The lowest BCUT2D eigenvalue weighted by molar-refractivity contribution is 0.0936. The molecule has 0 aliphatic rings. The SMILES string of the molecule is CCCCCn1nc(C(=O)NCC(c2ccccc2)N(C)C)c2ccccc2c1=O. The molecule has 6 heteroatoms. The molecule has 1 heterocycles. The van der Waals surface area contributed by atoms with Gasteiger partial charge in [-0.2, -0.15) is 5.10 Å². The topological polar surface area (TPSA) is 67.2 Å². The average Bonchev–Trinajstić information content (AvgIpc) is 2.76. The zero-order valence-corrected chi connectivity index (χ0v) is 18.0. The minimum absolute atomic E-state index is 0.0388. The van der Waals surface area contributed by atoms with Gasteiger partial charge in [0.1, 0.15) is 0 Å². The molecule has 3 rings (SSSR count). The van der Waals surface area contributed by atoms with Gasteiger partial charge in [-0.25, -0.2) is 4.68 Å². The number of carbonyl (C=O) groups is 1. The van der Waals surface area contributed by atoms with Crippen LogP contribution in [0, 0.1) is 0 Å². The second kappa shape index (κ2) is 10.2. The molecule has 6 nitrogen and oxygen atoms in total. The molecular weight excluding hydrogens is 376 g/mol. The number of hydrogen-bond acceptors (Lipinski definition) is 4. The first-order valence-electron chi connectivity index (χ1n) is 10.5. The summed E-state index contributed by atoms with van der Waals surface area (Å²) >= 11 is 0. The van der Waals surface area contributed by atoms with Crippen molar-refractivity contribution in [1.29, 1.82) is 0 Å². The Balaban J connectivity index is 1.88. The third-order valence-corrected chi connectivity index (χ3v) is 5.32. The van der Waals surface area contributed by atoms with Crippen molar-refractivity contribution < 1.29 is 4.79 Å². The van der Waals surface area contributed by atoms with E-state index in [9.17, 15) is 9.59 Å². The third kappa shape index (κ3) is 4.94. The van der Waals surface area contributed by atoms with Gasteiger partial charge in [0, 0.05) is 18.5 Å². The van der Waals surface area contributed by atoms with Gasteiger partial charge in [-0.3, -0.25) is 9.59 Å². The van der Waals surface area contributed by atoms with E-state index in [1.54, 1.807) is 12.1 Å². The maximum atomic E-state index is 13.1. The summed E-state index contributed by atoms with van der Waals surface area (Å²) in [5.74, 6) is -0.266. The van der Waals surface area contributed by atoms with Crippen molar-refractivity contribution in [2.45, 2.75) is 38.8 Å². The molecule has 0 spiro atoms. The van der Waals surface area contributed by atoms with Crippen LogP contribution in [0.2, 0.25) is 0 Å². The van der Waals surface area contributed by atoms with E-state index < -0.39 is 0 Å². The molecule has 0 aliphatic heterocycles. The Labute approximate surface area is 177 Å². The van der Waals surface area contributed by atoms with Crippen molar-refractivity contribution in [1.82, 2.24) is 20.0 Å². The number of nitrogens with one attached hydrogen (secondary N) is 1. The number of fused-ring (bicyclic) bond motifs is 1. The molecule has 0 saturated carbocycles. The molecule has 0 bridgehead atoms. The van der Waals surface area contributed by atoms with Crippen LogP contribution in [0.5, 0.6) is 0 Å². The highest BCUT2D eigenvalue weighted by Gasteiger charge is 2.19. The van der Waals surface area contributed by atoms with Gasteiger partial charge in [0.2, 0.25) is 0 Å². The molecule has 0 saturated heterocycles. The van der Waals surface area contributed by atoms with E-state index in [2.05, 4.69) is 34.4 Å². The van der Waals surface area contributed by atoms with Crippen LogP contribution in [0.1, 0.15) is 48.3 Å². The number of amides is 1. The van der Waals surface area contributed by atoms with Gasteiger partial charge < -0.3 is 10.2 Å². The number of benzene rings is 2. The zero-order valence-electron chi connectivity index (χ0n) is 18.0. The minimum atomic E-state index is -0.266. The second-order valence-corrected chi connectivity index (χ2v) is 7.73. The predicted octanol–water partition coefficient (Wildman–Crippen LogP) is 3.62. The molecule has 1 aromatic heterocycles. The summed E-state index contributed by atoms with van der Waals surface area (Å²) in [6.45, 7) is 3.08. The Morgan fingerprint density at radius 2 is 1.70 bits per heavy atom. The van der Waals surface area contributed by atoms with E-state index in [0.29, 0.717) is 29.6 Å². The first-order valence-corrected chi connectivity index (χ1v) is 10.5. The summed E-state index contributed by atoms with van der Waals surface area (Å²) in [7, 11) is 3.98. The minimum Gasteiger partial charge on any atom is -0.349 e. The van der Waals surface area contributed by atoms with Crippen molar-refractivity contribution in [3.8, 4) is 0 Å². The van der Waals surface area contributed by atoms with Crippen LogP contribution >= 0.6 is 0 Å². The van der Waals surface area contributed by atoms with Crippen LogP contribution in [0.25, 0.3) is 10.8 Å². The van der Waals surface area contributed by atoms with E-state index >= 15 is 0 Å². The quantitative estimate of drug-likeness (QED) is 0.551. The number of aromatic nitrogens is 2. The Morgan fingerprint density at radius 1 is 1.03 bits per heavy atom. The monoisotopic (exact) mass is 406 g/mol. The van der Waals surface area contributed by atoms with E-state index in [-0.39, 0.29) is 17.5 Å². The van der Waals surface area contributed by atoms with Crippen molar-refractivity contribution in [3.05, 3.63) is 76.2 Å². The molecule has 3 aromatic rings. The summed E-state index contributed by atoms with van der Waals surface area (Å²) in [6, 6.07) is 17.3. The first-order chi connectivity index (χ1) is 14.5. The number of rotatable bonds is 9. The fourth-order valence-corrected chi connectivity index (χ4v) is 3.61. The average molecular weight is 407 g/mol. The first kappa shape index (κ1) is 21.7. The highest BCUT2D eigenvalue weighted by molar-refractivity contribution is 6.04. The zero-order chi connectivity index (χ0) is 21.5. The maximum absolute atomic E-state index is 13.1. The highest BCUT2D eigenvalue weighted by atomic mass is 16.2. The largest absolute Gasteiger partial charge is 0.349 e. The van der Waals surface area contributed by atoms with E-state index in [1.165, 1.54) is 4.68 Å². The number of nitrogens with zero attached hydrogens (tertiary/aromatic N) is 3. The van der Waals surface area contributed by atoms with Gasteiger partial charge in [-0.15, -0.1) is 0 Å². The van der Waals surface area contributed by atoms with Gasteiger partial charge in [0.05, 0.1) is 11.4 Å². The molecule has 0 fully saturated rings. The van der Waals surface area contributed by atoms with Gasteiger partial charge >= 0.3 is 0 Å². The van der Waals surface area contributed by atoms with E-state index in [0.717, 1.165) is 24.8 Å². The van der Waals surface area contributed by atoms with Crippen molar-refractivity contribution in [3.63, 3.8) is 0 Å². The Bertz CT molecular complexity index is 1040. The molecule has 158 valence electrons. The Hall–Kier alpha value is -2.99. The standard InChI is InChI=1S/C24H30N4O2/c1-4-5-11-16-28-24(30)20-15-10-9-14-19(20)22(26-28)23(29)25-17-21(27(2)3)18-12-7-6-8-13-18/h6-10,12-15,21H,4-5,11,16-17H2,1-3H3,(H,25,29). The number of unbranched alkanes of at least 4 members (excludes halogenated alkanes) is 2. The van der Waals surface area contributed by atoms with Crippen LogP contribution in [-0.2, 0) is 6.54 Å². The molecule has 30 heavy (non-hydrogen) atoms. The van der Waals surface area contributed by atoms with Gasteiger partial charge in [-0.05, 0) is 32.1 Å². The fraction of sp³-hybridized carbons (Fsp3) is 0.375. The maximum Gasteiger partial charge on any atom is 0.274 e. The van der Waals surface area contributed by atoms with Gasteiger partial charge in [-0.1, -0.05) is 68.3 Å². The van der Waals surface area contributed by atoms with Crippen LogP contribution in [0.4, 0.5) is 0 Å². The number of aryl methyl sites for hydroxylation is 1. The molecular formula is C24H30N4O2. The van der Waals surface area contributed by atoms with Crippen LogP contribution < -0.4 is 10.9 Å². The van der Waals surface area contributed by atoms with Crippen molar-refractivity contribution >= 4 is 16.7 Å². The summed E-state index contributed by atoms with van der Waals surface area (Å²) in [5, 5.41) is 8.59. The lowest BCUT2D eigenvalue weighted by Gasteiger charge is -2.25. The summed E-state index contributed by atoms with van der Waals surface area (Å²) in [6.07, 6.45) is 2.94. The van der Waals surface area contributed by atoms with Crippen LogP contribution in [0.15, 0.2) is 59.4 Å². The van der Waals surface area contributed by atoms with Crippen LogP contribution in [0.3, 0.4) is 0 Å². The lowest BCUT2D eigenvalue weighted by atomic mass is 10.1. The molecule has 2 aromatic carbocycles. The molecule has 0 radical (unpaired) electrons. The smallest absolute Gasteiger partial charge is 0.274 e. The molecule has 1 amide bonds. The fourth-order valence-electron chi connectivity index (χ4n) is 3.61. The number of likely N-dealkylation sites (N-methyl/N-ethyl adjacent to an activating group) is 1. The Morgan fingerprint density at radius 3 is 2.37 bits per heavy atom.